The third-order valence-corrected chi connectivity index (χ3v) is 8.17. The van der Waals surface area contributed by atoms with E-state index in [0.717, 1.165) is 52.3 Å². The Morgan fingerprint density at radius 2 is 1.82 bits per heavy atom. The van der Waals surface area contributed by atoms with Gasteiger partial charge in [0, 0.05) is 13.1 Å². The molecule has 2 fully saturated rings. The van der Waals surface area contributed by atoms with Crippen LogP contribution in [0, 0.1) is 0 Å². The fourth-order valence-electron chi connectivity index (χ4n) is 4.70. The van der Waals surface area contributed by atoms with Gasteiger partial charge in [0.2, 0.25) is 5.91 Å². The summed E-state index contributed by atoms with van der Waals surface area (Å²) in [7, 11) is 1.55. The van der Waals surface area contributed by atoms with Crippen LogP contribution in [0.3, 0.4) is 0 Å². The molecule has 5 rings (SSSR count). The van der Waals surface area contributed by atoms with Crippen LogP contribution in [-0.2, 0) is 16.2 Å². The summed E-state index contributed by atoms with van der Waals surface area (Å²) in [4.78, 5) is 41.2. The molecule has 3 amide bonds. The lowest BCUT2D eigenvalue weighted by molar-refractivity contribution is -0.136. The van der Waals surface area contributed by atoms with Crippen molar-refractivity contribution in [1.29, 1.82) is 0 Å². The number of thioether (sulfide) groups is 1. The molecule has 0 bridgehead atoms. The number of rotatable bonds is 7. The van der Waals surface area contributed by atoms with E-state index in [2.05, 4.69) is 34.1 Å². The number of carbonyl (C=O) groups excluding carboxylic acids is 3. The fraction of sp³-hybridized carbons (Fsp3) is 0.276. The number of methoxy groups -OCH3 is 1. The van der Waals surface area contributed by atoms with E-state index in [9.17, 15) is 14.4 Å². The molecule has 0 spiro atoms. The standard InChI is InChI=1S/C29H27BrN2O5S/c1-36-24-15-19(14-23(30)27(24)37-18-21-10-7-9-20-8-3-4-11-22(20)21)16-25-28(34)32(29(35)38-25)17-26(33)31-12-5-2-6-13-31/h3-4,7-11,14-16H,2,5-6,12-13,17-18H2,1H3/b25-16+. The normalized spacial score (nSPS) is 16.9. The van der Waals surface area contributed by atoms with Gasteiger partial charge in [-0.15, -0.1) is 0 Å². The molecule has 196 valence electrons. The summed E-state index contributed by atoms with van der Waals surface area (Å²) in [6.07, 6.45) is 4.63. The molecule has 2 aliphatic heterocycles. The van der Waals surface area contributed by atoms with E-state index in [1.165, 1.54) is 0 Å². The summed E-state index contributed by atoms with van der Waals surface area (Å²) in [5.41, 5.74) is 1.72. The van der Waals surface area contributed by atoms with Gasteiger partial charge in [0.05, 0.1) is 16.5 Å². The zero-order valence-electron chi connectivity index (χ0n) is 20.9. The van der Waals surface area contributed by atoms with Crippen LogP contribution in [-0.4, -0.2) is 53.6 Å². The zero-order valence-corrected chi connectivity index (χ0v) is 23.3. The van der Waals surface area contributed by atoms with Gasteiger partial charge in [0.25, 0.3) is 11.1 Å². The Morgan fingerprint density at radius 1 is 1.05 bits per heavy atom. The predicted octanol–water partition coefficient (Wildman–Crippen LogP) is 6.24. The van der Waals surface area contributed by atoms with Gasteiger partial charge in [-0.3, -0.25) is 19.3 Å². The minimum Gasteiger partial charge on any atom is -0.493 e. The molecule has 0 saturated carbocycles. The van der Waals surface area contributed by atoms with E-state index < -0.39 is 11.1 Å². The molecule has 0 N–H and O–H groups in total. The van der Waals surface area contributed by atoms with E-state index in [0.29, 0.717) is 41.2 Å². The van der Waals surface area contributed by atoms with E-state index in [4.69, 9.17) is 9.47 Å². The van der Waals surface area contributed by atoms with E-state index in [-0.39, 0.29) is 17.4 Å². The molecular formula is C29H27BrN2O5S. The van der Waals surface area contributed by atoms with E-state index in [1.807, 2.05) is 30.3 Å². The van der Waals surface area contributed by atoms with Crippen LogP contribution in [0.1, 0.15) is 30.4 Å². The van der Waals surface area contributed by atoms with Crippen molar-refractivity contribution in [2.24, 2.45) is 0 Å². The van der Waals surface area contributed by atoms with Crippen molar-refractivity contribution >= 4 is 61.6 Å². The van der Waals surface area contributed by atoms with Crippen LogP contribution in [0.25, 0.3) is 16.8 Å². The first-order valence-corrected chi connectivity index (χ1v) is 14.1. The first-order chi connectivity index (χ1) is 18.4. The van der Waals surface area contributed by atoms with Gasteiger partial charge < -0.3 is 14.4 Å². The van der Waals surface area contributed by atoms with E-state index >= 15 is 0 Å². The molecule has 0 unspecified atom stereocenters. The lowest BCUT2D eigenvalue weighted by Gasteiger charge is -2.27. The Bertz CT molecular complexity index is 1430. The summed E-state index contributed by atoms with van der Waals surface area (Å²) in [6.45, 7) is 1.47. The topological polar surface area (TPSA) is 76.2 Å². The molecule has 0 aliphatic carbocycles. The molecule has 2 aliphatic rings. The predicted molar refractivity (Wildman–Crippen MR) is 152 cm³/mol. The quantitative estimate of drug-likeness (QED) is 0.301. The lowest BCUT2D eigenvalue weighted by Crippen LogP contribution is -2.44. The number of likely N-dealkylation sites (tertiary alicyclic amines) is 1. The zero-order chi connectivity index (χ0) is 26.6. The number of hydrogen-bond donors (Lipinski definition) is 0. The van der Waals surface area contributed by atoms with Crippen LogP contribution in [0.2, 0.25) is 0 Å². The smallest absolute Gasteiger partial charge is 0.294 e. The van der Waals surface area contributed by atoms with Crippen molar-refractivity contribution in [3.8, 4) is 11.5 Å². The largest absolute Gasteiger partial charge is 0.493 e. The summed E-state index contributed by atoms with van der Waals surface area (Å²) in [6, 6.07) is 17.8. The molecule has 3 aromatic rings. The van der Waals surface area contributed by atoms with Crippen molar-refractivity contribution in [2.45, 2.75) is 25.9 Å². The van der Waals surface area contributed by atoms with Crippen molar-refractivity contribution < 1.29 is 23.9 Å². The third-order valence-electron chi connectivity index (χ3n) is 6.68. The Kier molecular flexibility index (Phi) is 8.04. The number of fused-ring (bicyclic) bond motifs is 1. The minimum atomic E-state index is -0.461. The van der Waals surface area contributed by atoms with Gasteiger partial charge in [-0.1, -0.05) is 42.5 Å². The molecule has 2 saturated heterocycles. The maximum atomic E-state index is 13.0. The third kappa shape index (κ3) is 5.59. The second-order valence-electron chi connectivity index (χ2n) is 9.17. The van der Waals surface area contributed by atoms with Gasteiger partial charge in [-0.25, -0.2) is 0 Å². The number of piperidine rings is 1. The highest BCUT2D eigenvalue weighted by molar-refractivity contribution is 9.10. The van der Waals surface area contributed by atoms with Crippen molar-refractivity contribution in [3.63, 3.8) is 0 Å². The minimum absolute atomic E-state index is 0.189. The SMILES string of the molecule is COc1cc(/C=C2/SC(=O)N(CC(=O)N3CCCCC3)C2=O)cc(Br)c1OCc1cccc2ccccc12. The van der Waals surface area contributed by atoms with Crippen LogP contribution in [0.4, 0.5) is 4.79 Å². The summed E-state index contributed by atoms with van der Waals surface area (Å²) in [5, 5.41) is 1.82. The van der Waals surface area contributed by atoms with Gasteiger partial charge in [-0.2, -0.15) is 0 Å². The molecule has 38 heavy (non-hydrogen) atoms. The summed E-state index contributed by atoms with van der Waals surface area (Å²) in [5.74, 6) is 0.380. The number of halogens is 1. The van der Waals surface area contributed by atoms with Crippen molar-refractivity contribution in [3.05, 3.63) is 75.1 Å². The molecule has 0 atom stereocenters. The maximum absolute atomic E-state index is 13.0. The molecule has 9 heteroatoms. The highest BCUT2D eigenvalue weighted by Gasteiger charge is 2.37. The second-order valence-corrected chi connectivity index (χ2v) is 11.0. The molecule has 7 nitrogen and oxygen atoms in total. The lowest BCUT2D eigenvalue weighted by atomic mass is 10.1. The first-order valence-electron chi connectivity index (χ1n) is 12.4. The number of imide groups is 1. The first kappa shape index (κ1) is 26.3. The van der Waals surface area contributed by atoms with Gasteiger partial charge in [-0.05, 0) is 87.1 Å². The average Bonchev–Trinajstić information content (AvgIpc) is 3.19. The maximum Gasteiger partial charge on any atom is 0.294 e. The van der Waals surface area contributed by atoms with Crippen LogP contribution < -0.4 is 9.47 Å². The van der Waals surface area contributed by atoms with Crippen LogP contribution in [0.15, 0.2) is 64.0 Å². The van der Waals surface area contributed by atoms with Crippen molar-refractivity contribution in [1.82, 2.24) is 9.80 Å². The molecular weight excluding hydrogens is 568 g/mol. The molecule has 2 heterocycles. The van der Waals surface area contributed by atoms with Gasteiger partial charge in [0.15, 0.2) is 11.5 Å². The summed E-state index contributed by atoms with van der Waals surface area (Å²) < 4.78 is 12.4. The van der Waals surface area contributed by atoms with Gasteiger partial charge in [0.1, 0.15) is 13.2 Å². The second kappa shape index (κ2) is 11.6. The van der Waals surface area contributed by atoms with Crippen molar-refractivity contribution in [2.75, 3.05) is 26.7 Å². The number of nitrogens with zero attached hydrogens (tertiary/aromatic N) is 2. The average molecular weight is 596 g/mol. The number of hydrogen-bond acceptors (Lipinski definition) is 6. The number of benzene rings is 3. The Hall–Kier alpha value is -3.30. The Balaban J connectivity index is 1.32. The monoisotopic (exact) mass is 594 g/mol. The Morgan fingerprint density at radius 3 is 2.61 bits per heavy atom. The highest BCUT2D eigenvalue weighted by Crippen LogP contribution is 2.40. The molecule has 0 aromatic heterocycles. The Labute approximate surface area is 233 Å². The molecule has 0 radical (unpaired) electrons. The van der Waals surface area contributed by atoms with Gasteiger partial charge >= 0.3 is 0 Å². The fourth-order valence-corrected chi connectivity index (χ4v) is 6.11. The number of carbonyl (C=O) groups is 3. The van der Waals surface area contributed by atoms with Crippen LogP contribution in [0.5, 0.6) is 11.5 Å². The van der Waals surface area contributed by atoms with Crippen LogP contribution >= 0.6 is 27.7 Å². The highest BCUT2D eigenvalue weighted by atomic mass is 79.9. The number of amides is 3. The summed E-state index contributed by atoms with van der Waals surface area (Å²) >= 11 is 4.41. The van der Waals surface area contributed by atoms with E-state index in [1.54, 1.807) is 24.2 Å². The number of ether oxygens (including phenoxy) is 2. The molecule has 3 aromatic carbocycles.